The van der Waals surface area contributed by atoms with Crippen LogP contribution in [0, 0.1) is 5.92 Å². The first kappa shape index (κ1) is 13.9. The fraction of sp³-hybridized carbons (Fsp3) is 0.368. The van der Waals surface area contributed by atoms with Gasteiger partial charge in [-0.05, 0) is 48.0 Å². The third-order valence-electron chi connectivity index (χ3n) is 4.02. The average Bonchev–Trinajstić information content (AvgIpc) is 2.55. The Bertz CT molecular complexity index is 515. The predicted molar refractivity (Wildman–Crippen MR) is 84.4 cm³/mol. The molecule has 1 aromatic rings. The van der Waals surface area contributed by atoms with E-state index < -0.39 is 0 Å². The van der Waals surface area contributed by atoms with Crippen molar-refractivity contribution in [2.24, 2.45) is 5.92 Å². The lowest BCUT2D eigenvalue weighted by Gasteiger charge is -2.24. The highest BCUT2D eigenvalue weighted by Crippen LogP contribution is 2.40. The van der Waals surface area contributed by atoms with Gasteiger partial charge in [0.15, 0.2) is 0 Å². The molecule has 1 aliphatic carbocycles. The van der Waals surface area contributed by atoms with Gasteiger partial charge in [0.1, 0.15) is 0 Å². The maximum absolute atomic E-state index is 4.02. The summed E-state index contributed by atoms with van der Waals surface area (Å²) in [5.74, 6) is 1.09. The zero-order valence-corrected chi connectivity index (χ0v) is 12.3. The Balaban J connectivity index is 2.63. The van der Waals surface area contributed by atoms with E-state index in [4.69, 9.17) is 0 Å². The van der Waals surface area contributed by atoms with Crippen LogP contribution in [0.4, 0.5) is 0 Å². The molecule has 1 unspecified atom stereocenters. The highest BCUT2D eigenvalue weighted by atomic mass is 14.3. The molecule has 1 aromatic carbocycles. The zero-order chi connectivity index (χ0) is 13.8. The van der Waals surface area contributed by atoms with Gasteiger partial charge in [0.05, 0.1) is 0 Å². The van der Waals surface area contributed by atoms with Gasteiger partial charge in [-0.3, -0.25) is 0 Å². The molecule has 19 heavy (non-hydrogen) atoms. The van der Waals surface area contributed by atoms with E-state index in [1.54, 1.807) is 0 Å². The fourth-order valence-corrected chi connectivity index (χ4v) is 3.17. The van der Waals surface area contributed by atoms with Crippen LogP contribution < -0.4 is 0 Å². The van der Waals surface area contributed by atoms with Gasteiger partial charge in [0, 0.05) is 5.92 Å². The Labute approximate surface area is 117 Å². The monoisotopic (exact) mass is 252 g/mol. The standard InChI is InChI=1S/C19H24/c1-5-9-17-15(6-2)12-13-16-10-7-8-11-18(16)19(17)14(3)4/h5-11,14,19H,2,12-13H2,1,3-4H3/b9-5-. The van der Waals surface area contributed by atoms with E-state index in [9.17, 15) is 0 Å². The predicted octanol–water partition coefficient (Wildman–Crippen LogP) is 5.43. The van der Waals surface area contributed by atoms with Crippen LogP contribution in [0.2, 0.25) is 0 Å². The minimum Gasteiger partial charge on any atom is -0.0988 e. The van der Waals surface area contributed by atoms with Gasteiger partial charge in [-0.1, -0.05) is 62.9 Å². The Hall–Kier alpha value is -1.56. The normalized spacial score (nSPS) is 19.7. The first-order valence-electron chi connectivity index (χ1n) is 7.25. The lowest BCUT2D eigenvalue weighted by Crippen LogP contribution is -2.10. The molecule has 1 aliphatic rings. The maximum Gasteiger partial charge on any atom is 0.0118 e. The third-order valence-corrected chi connectivity index (χ3v) is 4.02. The molecule has 0 amide bonds. The Morgan fingerprint density at radius 2 is 1.95 bits per heavy atom. The van der Waals surface area contributed by atoms with Crippen LogP contribution in [0.1, 0.15) is 44.2 Å². The van der Waals surface area contributed by atoms with Gasteiger partial charge in [0.2, 0.25) is 0 Å². The summed E-state index contributed by atoms with van der Waals surface area (Å²) in [5, 5.41) is 0. The molecule has 0 saturated carbocycles. The van der Waals surface area contributed by atoms with Crippen molar-refractivity contribution in [3.63, 3.8) is 0 Å². The van der Waals surface area contributed by atoms with Crippen LogP contribution >= 0.6 is 0 Å². The molecular weight excluding hydrogens is 228 g/mol. The van der Waals surface area contributed by atoms with Crippen molar-refractivity contribution in [2.45, 2.75) is 39.5 Å². The lowest BCUT2D eigenvalue weighted by atomic mass is 9.80. The highest BCUT2D eigenvalue weighted by molar-refractivity contribution is 5.47. The van der Waals surface area contributed by atoms with Gasteiger partial charge in [-0.2, -0.15) is 0 Å². The van der Waals surface area contributed by atoms with E-state index in [1.165, 1.54) is 22.3 Å². The molecule has 0 aliphatic heterocycles. The largest absolute Gasteiger partial charge is 0.0988 e. The second-order valence-electron chi connectivity index (χ2n) is 5.61. The summed E-state index contributed by atoms with van der Waals surface area (Å²) in [4.78, 5) is 0. The lowest BCUT2D eigenvalue weighted by molar-refractivity contribution is 0.560. The van der Waals surface area contributed by atoms with E-state index >= 15 is 0 Å². The van der Waals surface area contributed by atoms with Crippen LogP contribution in [0.3, 0.4) is 0 Å². The maximum atomic E-state index is 4.02. The van der Waals surface area contributed by atoms with Crippen molar-refractivity contribution in [1.82, 2.24) is 0 Å². The van der Waals surface area contributed by atoms with Crippen molar-refractivity contribution in [3.05, 3.63) is 71.3 Å². The summed E-state index contributed by atoms with van der Waals surface area (Å²) < 4.78 is 0. The topological polar surface area (TPSA) is 0 Å². The first-order chi connectivity index (χ1) is 9.19. The van der Waals surface area contributed by atoms with Crippen LogP contribution in [-0.2, 0) is 6.42 Å². The van der Waals surface area contributed by atoms with Crippen LogP contribution in [0.25, 0.3) is 0 Å². The fourth-order valence-electron chi connectivity index (χ4n) is 3.17. The highest BCUT2D eigenvalue weighted by Gasteiger charge is 2.25. The number of rotatable bonds is 3. The van der Waals surface area contributed by atoms with E-state index in [0.29, 0.717) is 11.8 Å². The van der Waals surface area contributed by atoms with Crippen molar-refractivity contribution in [1.29, 1.82) is 0 Å². The number of hydrogen-bond donors (Lipinski definition) is 0. The van der Waals surface area contributed by atoms with Gasteiger partial charge in [-0.25, -0.2) is 0 Å². The molecule has 0 heteroatoms. The smallest absolute Gasteiger partial charge is 0.0118 e. The molecule has 0 spiro atoms. The molecule has 0 bridgehead atoms. The van der Waals surface area contributed by atoms with Crippen LogP contribution in [-0.4, -0.2) is 0 Å². The van der Waals surface area contributed by atoms with E-state index in [2.05, 4.69) is 69.8 Å². The first-order valence-corrected chi connectivity index (χ1v) is 7.25. The van der Waals surface area contributed by atoms with Crippen molar-refractivity contribution in [2.75, 3.05) is 0 Å². The van der Waals surface area contributed by atoms with Crippen molar-refractivity contribution in [3.8, 4) is 0 Å². The third kappa shape index (κ3) is 2.73. The van der Waals surface area contributed by atoms with Gasteiger partial charge >= 0.3 is 0 Å². The van der Waals surface area contributed by atoms with Gasteiger partial charge < -0.3 is 0 Å². The van der Waals surface area contributed by atoms with Crippen molar-refractivity contribution < 1.29 is 0 Å². The Morgan fingerprint density at radius 1 is 1.21 bits per heavy atom. The molecule has 1 atom stereocenters. The minimum absolute atomic E-state index is 0.489. The summed E-state index contributed by atoms with van der Waals surface area (Å²) in [5.41, 5.74) is 5.87. The molecule has 2 rings (SSSR count). The molecular formula is C19H24. The SMILES string of the molecule is C=CC1=C(/C=C\C)C(C(C)C)c2ccccc2CC1. The quantitative estimate of drug-likeness (QED) is 0.672. The molecule has 0 N–H and O–H groups in total. The molecule has 0 fully saturated rings. The molecule has 0 aromatic heterocycles. The zero-order valence-electron chi connectivity index (χ0n) is 12.3. The summed E-state index contributed by atoms with van der Waals surface area (Å²) in [6, 6.07) is 8.91. The van der Waals surface area contributed by atoms with Crippen LogP contribution in [0.5, 0.6) is 0 Å². The van der Waals surface area contributed by atoms with Crippen LogP contribution in [0.15, 0.2) is 60.2 Å². The summed E-state index contributed by atoms with van der Waals surface area (Å²) in [7, 11) is 0. The van der Waals surface area contributed by atoms with E-state index in [0.717, 1.165) is 12.8 Å². The summed E-state index contributed by atoms with van der Waals surface area (Å²) in [6.07, 6.45) is 8.72. The molecule has 0 heterocycles. The number of benzene rings is 1. The Morgan fingerprint density at radius 3 is 2.58 bits per heavy atom. The number of fused-ring (bicyclic) bond motifs is 1. The second kappa shape index (κ2) is 6.06. The summed E-state index contributed by atoms with van der Waals surface area (Å²) in [6.45, 7) is 10.8. The number of hydrogen-bond acceptors (Lipinski definition) is 0. The van der Waals surface area contributed by atoms with Gasteiger partial charge in [-0.15, -0.1) is 0 Å². The molecule has 100 valence electrons. The number of aryl methyl sites for hydroxylation is 1. The molecule has 0 saturated heterocycles. The second-order valence-corrected chi connectivity index (χ2v) is 5.61. The Kier molecular flexibility index (Phi) is 4.42. The molecule has 0 nitrogen and oxygen atoms in total. The summed E-state index contributed by atoms with van der Waals surface area (Å²) >= 11 is 0. The van der Waals surface area contributed by atoms with E-state index in [1.807, 2.05) is 0 Å². The van der Waals surface area contributed by atoms with E-state index in [-0.39, 0.29) is 0 Å². The molecule has 0 radical (unpaired) electrons. The van der Waals surface area contributed by atoms with Crippen molar-refractivity contribution >= 4 is 0 Å². The number of allylic oxidation sites excluding steroid dienone is 5. The minimum atomic E-state index is 0.489. The average molecular weight is 252 g/mol. The van der Waals surface area contributed by atoms with Gasteiger partial charge in [0.25, 0.3) is 0 Å².